The summed E-state index contributed by atoms with van der Waals surface area (Å²) in [7, 11) is 0. The summed E-state index contributed by atoms with van der Waals surface area (Å²) in [5.41, 5.74) is 0. The minimum Gasteiger partial charge on any atom is -0.466 e. The van der Waals surface area contributed by atoms with Gasteiger partial charge in [0.25, 0.3) is 0 Å². The molecule has 1 fully saturated rings. The van der Waals surface area contributed by atoms with Crippen LogP contribution in [0.15, 0.2) is 4.99 Å². The number of esters is 1. The van der Waals surface area contributed by atoms with Gasteiger partial charge in [-0.05, 0) is 33.1 Å². The monoisotopic (exact) mass is 341 g/mol. The second-order valence-corrected chi connectivity index (χ2v) is 6.08. The molecule has 6 heteroatoms. The number of hydrogen-bond donors (Lipinski definition) is 2. The van der Waals surface area contributed by atoms with E-state index in [1.807, 2.05) is 13.8 Å². The van der Waals surface area contributed by atoms with Gasteiger partial charge in [-0.2, -0.15) is 0 Å². The Morgan fingerprint density at radius 2 is 1.88 bits per heavy atom. The SMILES string of the molecule is CCNC(=NCCCC(=O)OCC)NCCOC1CCCCCC1. The highest BCUT2D eigenvalue weighted by atomic mass is 16.5. The van der Waals surface area contributed by atoms with Gasteiger partial charge in [0.1, 0.15) is 0 Å². The Bertz CT molecular complexity index is 353. The van der Waals surface area contributed by atoms with E-state index in [0.717, 1.165) is 19.0 Å². The Morgan fingerprint density at radius 3 is 2.54 bits per heavy atom. The Hall–Kier alpha value is -1.30. The van der Waals surface area contributed by atoms with Crippen molar-refractivity contribution in [2.45, 2.75) is 71.3 Å². The van der Waals surface area contributed by atoms with E-state index in [-0.39, 0.29) is 5.97 Å². The molecule has 1 aliphatic carbocycles. The number of nitrogens with one attached hydrogen (secondary N) is 2. The Labute approximate surface area is 146 Å². The number of hydrogen-bond acceptors (Lipinski definition) is 4. The third-order valence-electron chi connectivity index (χ3n) is 4.01. The largest absolute Gasteiger partial charge is 0.466 e. The van der Waals surface area contributed by atoms with E-state index >= 15 is 0 Å². The topological polar surface area (TPSA) is 72.0 Å². The van der Waals surface area contributed by atoms with Crippen molar-refractivity contribution < 1.29 is 14.3 Å². The van der Waals surface area contributed by atoms with Crippen LogP contribution in [-0.2, 0) is 14.3 Å². The molecule has 1 saturated carbocycles. The first kappa shape index (κ1) is 20.7. The van der Waals surface area contributed by atoms with Crippen LogP contribution in [0.5, 0.6) is 0 Å². The molecule has 0 atom stereocenters. The van der Waals surface area contributed by atoms with Crippen LogP contribution in [0, 0.1) is 0 Å². The van der Waals surface area contributed by atoms with Gasteiger partial charge in [-0.25, -0.2) is 0 Å². The molecule has 0 unspecified atom stereocenters. The Kier molecular flexibility index (Phi) is 12.2. The number of carbonyl (C=O) groups excluding carboxylic acids is 1. The van der Waals surface area contributed by atoms with Crippen molar-refractivity contribution in [2.24, 2.45) is 4.99 Å². The zero-order valence-corrected chi connectivity index (χ0v) is 15.4. The van der Waals surface area contributed by atoms with Crippen molar-refractivity contribution in [2.75, 3.05) is 32.8 Å². The van der Waals surface area contributed by atoms with Crippen molar-refractivity contribution >= 4 is 11.9 Å². The fourth-order valence-electron chi connectivity index (χ4n) is 2.79. The second-order valence-electron chi connectivity index (χ2n) is 6.08. The average Bonchev–Trinajstić information content (AvgIpc) is 2.84. The van der Waals surface area contributed by atoms with Gasteiger partial charge in [0.05, 0.1) is 19.3 Å². The molecule has 0 aromatic rings. The first-order valence-electron chi connectivity index (χ1n) is 9.55. The molecule has 1 rings (SSSR count). The van der Waals surface area contributed by atoms with Gasteiger partial charge in [-0.3, -0.25) is 9.79 Å². The molecule has 24 heavy (non-hydrogen) atoms. The van der Waals surface area contributed by atoms with Gasteiger partial charge >= 0.3 is 5.97 Å². The van der Waals surface area contributed by atoms with Gasteiger partial charge in [-0.1, -0.05) is 25.7 Å². The summed E-state index contributed by atoms with van der Waals surface area (Å²) in [5.74, 6) is 0.633. The normalized spacial score (nSPS) is 16.5. The number of nitrogens with zero attached hydrogens (tertiary/aromatic N) is 1. The van der Waals surface area contributed by atoms with E-state index in [2.05, 4.69) is 15.6 Å². The maximum absolute atomic E-state index is 11.3. The summed E-state index contributed by atoms with van der Waals surface area (Å²) in [6.45, 7) is 7.18. The van der Waals surface area contributed by atoms with Gasteiger partial charge in [-0.15, -0.1) is 0 Å². The highest BCUT2D eigenvalue weighted by molar-refractivity contribution is 5.79. The Balaban J connectivity index is 2.16. The lowest BCUT2D eigenvalue weighted by atomic mass is 10.1. The highest BCUT2D eigenvalue weighted by Gasteiger charge is 2.12. The van der Waals surface area contributed by atoms with Crippen LogP contribution in [0.4, 0.5) is 0 Å². The molecule has 0 heterocycles. The summed E-state index contributed by atoms with van der Waals surface area (Å²) < 4.78 is 10.9. The van der Waals surface area contributed by atoms with E-state index in [9.17, 15) is 4.79 Å². The summed E-state index contributed by atoms with van der Waals surface area (Å²) in [6.07, 6.45) is 9.23. The summed E-state index contributed by atoms with van der Waals surface area (Å²) in [6, 6.07) is 0. The molecule has 0 radical (unpaired) electrons. The first-order valence-corrected chi connectivity index (χ1v) is 9.55. The van der Waals surface area contributed by atoms with Crippen molar-refractivity contribution in [3.8, 4) is 0 Å². The van der Waals surface area contributed by atoms with Crippen molar-refractivity contribution in [3.05, 3.63) is 0 Å². The van der Waals surface area contributed by atoms with Gasteiger partial charge < -0.3 is 20.1 Å². The van der Waals surface area contributed by atoms with Crippen LogP contribution in [0.3, 0.4) is 0 Å². The summed E-state index contributed by atoms with van der Waals surface area (Å²) >= 11 is 0. The molecule has 0 aromatic heterocycles. The second kappa shape index (κ2) is 14.1. The molecule has 0 bridgehead atoms. The average molecular weight is 341 g/mol. The van der Waals surface area contributed by atoms with Crippen LogP contribution < -0.4 is 10.6 Å². The fourth-order valence-corrected chi connectivity index (χ4v) is 2.79. The van der Waals surface area contributed by atoms with Crippen LogP contribution in [0.1, 0.15) is 65.2 Å². The molecule has 1 aliphatic rings. The fraction of sp³-hybridized carbons (Fsp3) is 0.889. The van der Waals surface area contributed by atoms with Crippen molar-refractivity contribution in [1.29, 1.82) is 0 Å². The van der Waals surface area contributed by atoms with E-state index < -0.39 is 0 Å². The molecule has 2 N–H and O–H groups in total. The lowest BCUT2D eigenvalue weighted by Gasteiger charge is -2.16. The molecule has 140 valence electrons. The number of aliphatic imine (C=N–C) groups is 1. The molecule has 0 amide bonds. The van der Waals surface area contributed by atoms with Crippen molar-refractivity contribution in [3.63, 3.8) is 0 Å². The number of carbonyl (C=O) groups is 1. The van der Waals surface area contributed by atoms with Crippen molar-refractivity contribution in [1.82, 2.24) is 10.6 Å². The smallest absolute Gasteiger partial charge is 0.305 e. The zero-order valence-electron chi connectivity index (χ0n) is 15.4. The first-order chi connectivity index (χ1) is 11.8. The van der Waals surface area contributed by atoms with Crippen LogP contribution in [-0.4, -0.2) is 50.9 Å². The van der Waals surface area contributed by atoms with Gasteiger partial charge in [0.2, 0.25) is 0 Å². The number of ether oxygens (including phenoxy) is 2. The Morgan fingerprint density at radius 1 is 1.12 bits per heavy atom. The maximum Gasteiger partial charge on any atom is 0.305 e. The van der Waals surface area contributed by atoms with Crippen LogP contribution in [0.2, 0.25) is 0 Å². The van der Waals surface area contributed by atoms with Crippen LogP contribution in [0.25, 0.3) is 0 Å². The van der Waals surface area contributed by atoms with E-state index in [1.165, 1.54) is 38.5 Å². The van der Waals surface area contributed by atoms with Crippen LogP contribution >= 0.6 is 0 Å². The molecule has 0 aliphatic heterocycles. The summed E-state index contributed by atoms with van der Waals surface area (Å²) in [5, 5.41) is 6.50. The van der Waals surface area contributed by atoms with E-state index in [1.54, 1.807) is 0 Å². The molecular weight excluding hydrogens is 306 g/mol. The maximum atomic E-state index is 11.3. The molecule has 0 aromatic carbocycles. The molecule has 0 spiro atoms. The lowest BCUT2D eigenvalue weighted by Crippen LogP contribution is -2.39. The highest BCUT2D eigenvalue weighted by Crippen LogP contribution is 2.19. The molecular formula is C18H35N3O3. The minimum absolute atomic E-state index is 0.150. The quantitative estimate of drug-likeness (QED) is 0.210. The van der Waals surface area contributed by atoms with E-state index in [0.29, 0.717) is 38.7 Å². The zero-order chi connectivity index (χ0) is 17.5. The minimum atomic E-state index is -0.150. The predicted octanol–water partition coefficient (Wildman–Crippen LogP) is 2.62. The predicted molar refractivity (Wildman–Crippen MR) is 97.3 cm³/mol. The van der Waals surface area contributed by atoms with E-state index in [4.69, 9.17) is 9.47 Å². The number of rotatable bonds is 10. The third kappa shape index (κ3) is 10.5. The molecule has 0 saturated heterocycles. The number of guanidine groups is 1. The van der Waals surface area contributed by atoms with Gasteiger partial charge in [0.15, 0.2) is 5.96 Å². The standard InChI is InChI=1S/C18H35N3O3/c1-3-19-18(20-13-9-12-17(22)23-4-2)21-14-15-24-16-10-7-5-6-8-11-16/h16H,3-15H2,1-2H3,(H2,19,20,21). The lowest BCUT2D eigenvalue weighted by molar-refractivity contribution is -0.143. The summed E-state index contributed by atoms with van der Waals surface area (Å²) in [4.78, 5) is 15.8. The third-order valence-corrected chi connectivity index (χ3v) is 4.01. The molecule has 6 nitrogen and oxygen atoms in total. The van der Waals surface area contributed by atoms with Gasteiger partial charge in [0, 0.05) is 26.1 Å².